The van der Waals surface area contributed by atoms with Crippen molar-refractivity contribution in [2.75, 3.05) is 6.54 Å². The van der Waals surface area contributed by atoms with Crippen molar-refractivity contribution in [3.8, 4) is 0 Å². The summed E-state index contributed by atoms with van der Waals surface area (Å²) in [4.78, 5) is 7.90. The zero-order chi connectivity index (χ0) is 23.6. The average molecular weight is 480 g/mol. The molecule has 2 aliphatic carbocycles. The Balaban J connectivity index is 1.39. The smallest absolute Gasteiger partial charge is 0.330 e. The summed E-state index contributed by atoms with van der Waals surface area (Å²) in [5, 5.41) is 0.749. The van der Waals surface area contributed by atoms with Crippen LogP contribution in [0.15, 0.2) is 24.3 Å². The number of nitrogens with zero attached hydrogens (tertiary/aromatic N) is 2. The topological polar surface area (TPSA) is 51.8 Å². The molecule has 1 heterocycles. The fraction of sp³-hybridized carbons (Fsp3) is 0.615. The van der Waals surface area contributed by atoms with Gasteiger partial charge in [-0.25, -0.2) is 9.97 Å². The fourth-order valence-corrected chi connectivity index (χ4v) is 5.64. The first kappa shape index (κ1) is 24.5. The third-order valence-corrected chi connectivity index (χ3v) is 7.84. The Morgan fingerprint density at radius 3 is 2.42 bits per heavy atom. The second-order valence-corrected chi connectivity index (χ2v) is 10.3. The molecule has 180 valence electrons. The molecule has 1 aromatic heterocycles. The van der Waals surface area contributed by atoms with Crippen LogP contribution < -0.4 is 5.73 Å². The van der Waals surface area contributed by atoms with Gasteiger partial charge in [0.2, 0.25) is 5.82 Å². The number of alkyl halides is 3. The summed E-state index contributed by atoms with van der Waals surface area (Å²) in [6, 6.07) is 8.07. The minimum Gasteiger partial charge on any atom is -0.330 e. The molecule has 2 N–H and O–H groups in total. The van der Waals surface area contributed by atoms with Crippen LogP contribution in [0.25, 0.3) is 0 Å². The third-order valence-electron chi connectivity index (χ3n) is 7.61. The Hall–Kier alpha value is -1.66. The lowest BCUT2D eigenvalue weighted by atomic mass is 9.66. The summed E-state index contributed by atoms with van der Waals surface area (Å²) in [6.45, 7) is 2.50. The maximum atomic E-state index is 13.3. The lowest BCUT2D eigenvalue weighted by Gasteiger charge is -2.40. The predicted octanol–water partition coefficient (Wildman–Crippen LogP) is 7.00. The van der Waals surface area contributed by atoms with Gasteiger partial charge < -0.3 is 5.73 Å². The van der Waals surface area contributed by atoms with E-state index in [-0.39, 0.29) is 11.3 Å². The summed E-state index contributed by atoms with van der Waals surface area (Å²) in [5.41, 5.74) is 9.66. The summed E-state index contributed by atoms with van der Waals surface area (Å²) >= 11 is 6.22. The molecule has 0 atom stereocenters. The maximum absolute atomic E-state index is 13.3. The van der Waals surface area contributed by atoms with Crippen molar-refractivity contribution in [2.24, 2.45) is 11.7 Å². The molecule has 0 unspecified atom stereocenters. The second kappa shape index (κ2) is 9.91. The van der Waals surface area contributed by atoms with Gasteiger partial charge >= 0.3 is 6.18 Å². The van der Waals surface area contributed by atoms with Crippen molar-refractivity contribution >= 4 is 11.6 Å². The van der Waals surface area contributed by atoms with E-state index in [0.29, 0.717) is 30.3 Å². The molecule has 2 fully saturated rings. The van der Waals surface area contributed by atoms with Crippen LogP contribution in [0.2, 0.25) is 5.02 Å². The summed E-state index contributed by atoms with van der Waals surface area (Å²) in [7, 11) is 0. The van der Waals surface area contributed by atoms with Gasteiger partial charge in [0.25, 0.3) is 0 Å². The van der Waals surface area contributed by atoms with E-state index in [2.05, 4.69) is 16.0 Å². The summed E-state index contributed by atoms with van der Waals surface area (Å²) in [6.07, 6.45) is 4.98. The standard InChI is InChI=1S/C26H33ClF3N3/c1-2-22-21(23(18-9-10-18)33-24(32-22)26(28,29)30)8-3-5-17-11-13-25(16-31,14-12-17)19-6-4-7-20(27)15-19/h4,6-7,15,17-18H,2-3,5,8-14,16,31H2,1H3. The summed E-state index contributed by atoms with van der Waals surface area (Å²) < 4.78 is 39.9. The Labute approximate surface area is 199 Å². The lowest BCUT2D eigenvalue weighted by Crippen LogP contribution is -2.39. The minimum absolute atomic E-state index is 0.00279. The number of benzene rings is 1. The molecule has 3 nitrogen and oxygen atoms in total. The SMILES string of the molecule is CCc1nc(C(F)(F)F)nc(C2CC2)c1CCCC1CCC(CN)(c2cccc(Cl)c2)CC1. The number of hydrogen-bond acceptors (Lipinski definition) is 3. The predicted molar refractivity (Wildman–Crippen MR) is 125 cm³/mol. The van der Waals surface area contributed by atoms with E-state index < -0.39 is 12.0 Å². The van der Waals surface area contributed by atoms with Gasteiger partial charge in [0.15, 0.2) is 0 Å². The van der Waals surface area contributed by atoms with Crippen LogP contribution >= 0.6 is 11.6 Å². The van der Waals surface area contributed by atoms with E-state index in [9.17, 15) is 13.2 Å². The van der Waals surface area contributed by atoms with Crippen LogP contribution in [-0.2, 0) is 24.4 Å². The number of halogens is 4. The van der Waals surface area contributed by atoms with Gasteiger partial charge in [-0.05, 0) is 87.0 Å². The number of hydrogen-bond donors (Lipinski definition) is 1. The largest absolute Gasteiger partial charge is 0.451 e. The maximum Gasteiger partial charge on any atom is 0.451 e. The van der Waals surface area contributed by atoms with Gasteiger partial charge in [-0.2, -0.15) is 13.2 Å². The molecule has 0 spiro atoms. The van der Waals surface area contributed by atoms with Crippen molar-refractivity contribution < 1.29 is 13.2 Å². The van der Waals surface area contributed by atoms with Gasteiger partial charge in [-0.1, -0.05) is 37.1 Å². The number of aryl methyl sites for hydroxylation is 1. The second-order valence-electron chi connectivity index (χ2n) is 9.81. The first-order valence-corrected chi connectivity index (χ1v) is 12.6. The van der Waals surface area contributed by atoms with Crippen LogP contribution in [0.4, 0.5) is 13.2 Å². The highest BCUT2D eigenvalue weighted by Gasteiger charge is 2.39. The molecule has 0 saturated heterocycles. The molecule has 0 bridgehead atoms. The van der Waals surface area contributed by atoms with Gasteiger partial charge in [0.1, 0.15) is 0 Å². The first-order chi connectivity index (χ1) is 15.8. The minimum atomic E-state index is -4.49. The monoisotopic (exact) mass is 479 g/mol. The van der Waals surface area contributed by atoms with E-state index >= 15 is 0 Å². The van der Waals surface area contributed by atoms with Gasteiger partial charge in [-0.3, -0.25) is 0 Å². The van der Waals surface area contributed by atoms with Crippen LogP contribution in [0, 0.1) is 5.92 Å². The highest BCUT2D eigenvalue weighted by atomic mass is 35.5. The fourth-order valence-electron chi connectivity index (χ4n) is 5.45. The van der Waals surface area contributed by atoms with E-state index in [1.807, 2.05) is 25.1 Å². The van der Waals surface area contributed by atoms with Crippen molar-refractivity contribution in [3.63, 3.8) is 0 Å². The Kier molecular flexibility index (Phi) is 7.35. The lowest BCUT2D eigenvalue weighted by molar-refractivity contribution is -0.145. The molecule has 4 rings (SSSR count). The molecule has 2 aliphatic rings. The zero-order valence-corrected chi connectivity index (χ0v) is 20.0. The molecule has 33 heavy (non-hydrogen) atoms. The molecule has 0 amide bonds. The van der Waals surface area contributed by atoms with Crippen LogP contribution in [-0.4, -0.2) is 16.5 Å². The van der Waals surface area contributed by atoms with Crippen molar-refractivity contribution in [2.45, 2.75) is 88.6 Å². The molecular weight excluding hydrogens is 447 g/mol. The number of rotatable bonds is 8. The first-order valence-electron chi connectivity index (χ1n) is 12.2. The highest BCUT2D eigenvalue weighted by Crippen LogP contribution is 2.44. The van der Waals surface area contributed by atoms with Crippen molar-refractivity contribution in [3.05, 3.63) is 57.6 Å². The quantitative estimate of drug-likeness (QED) is 0.443. The van der Waals surface area contributed by atoms with E-state index in [1.54, 1.807) is 0 Å². The Morgan fingerprint density at radius 2 is 1.85 bits per heavy atom. The van der Waals surface area contributed by atoms with Gasteiger partial charge in [0, 0.05) is 28.6 Å². The van der Waals surface area contributed by atoms with E-state index in [0.717, 1.165) is 68.4 Å². The molecule has 2 saturated carbocycles. The summed E-state index contributed by atoms with van der Waals surface area (Å²) in [5.74, 6) is -0.183. The Bertz CT molecular complexity index is 964. The molecule has 1 aromatic carbocycles. The molecule has 0 aliphatic heterocycles. The van der Waals surface area contributed by atoms with Crippen molar-refractivity contribution in [1.29, 1.82) is 0 Å². The normalized spacial score (nSPS) is 23.6. The zero-order valence-electron chi connectivity index (χ0n) is 19.2. The number of nitrogens with two attached hydrogens (primary N) is 1. The van der Waals surface area contributed by atoms with Crippen LogP contribution in [0.3, 0.4) is 0 Å². The molecule has 2 aromatic rings. The van der Waals surface area contributed by atoms with Crippen molar-refractivity contribution in [1.82, 2.24) is 9.97 Å². The Morgan fingerprint density at radius 1 is 1.12 bits per heavy atom. The average Bonchev–Trinajstić information content (AvgIpc) is 3.64. The molecule has 7 heteroatoms. The molecule has 0 radical (unpaired) electrons. The molecular formula is C26H33ClF3N3. The third kappa shape index (κ3) is 5.54. The highest BCUT2D eigenvalue weighted by molar-refractivity contribution is 6.30. The van der Waals surface area contributed by atoms with Crippen LogP contribution in [0.5, 0.6) is 0 Å². The number of aromatic nitrogens is 2. The van der Waals surface area contributed by atoms with Gasteiger partial charge in [-0.15, -0.1) is 0 Å². The van der Waals surface area contributed by atoms with Gasteiger partial charge in [0.05, 0.1) is 5.69 Å². The van der Waals surface area contributed by atoms with Crippen LogP contribution in [0.1, 0.15) is 92.5 Å². The van der Waals surface area contributed by atoms with E-state index in [1.165, 1.54) is 5.56 Å². The van der Waals surface area contributed by atoms with E-state index in [4.69, 9.17) is 17.3 Å².